The Bertz CT molecular complexity index is 495. The number of nitrogens with one attached hydrogen (secondary N) is 2. The maximum atomic E-state index is 12.3. The summed E-state index contributed by atoms with van der Waals surface area (Å²) >= 11 is 0. The van der Waals surface area contributed by atoms with Crippen LogP contribution in [-0.2, 0) is 9.59 Å². The first-order valence-corrected chi connectivity index (χ1v) is 6.96. The minimum atomic E-state index is -1.10. The van der Waals surface area contributed by atoms with Crippen LogP contribution in [0.3, 0.4) is 0 Å². The summed E-state index contributed by atoms with van der Waals surface area (Å²) in [5.41, 5.74) is 0.664. The van der Waals surface area contributed by atoms with E-state index < -0.39 is 5.41 Å². The van der Waals surface area contributed by atoms with E-state index in [1.807, 2.05) is 45.0 Å². The highest BCUT2D eigenvalue weighted by Crippen LogP contribution is 2.20. The van der Waals surface area contributed by atoms with Crippen LogP contribution >= 0.6 is 0 Å². The van der Waals surface area contributed by atoms with Crippen LogP contribution in [0.4, 0.5) is 5.69 Å². The van der Waals surface area contributed by atoms with Gasteiger partial charge in [-0.05, 0) is 51.8 Å². The highest BCUT2D eigenvalue weighted by atomic mass is 16.2. The van der Waals surface area contributed by atoms with Gasteiger partial charge < -0.3 is 10.6 Å². The van der Waals surface area contributed by atoms with Gasteiger partial charge in [0.2, 0.25) is 11.8 Å². The smallest absolute Gasteiger partial charge is 0.239 e. The van der Waals surface area contributed by atoms with Crippen LogP contribution < -0.4 is 10.6 Å². The van der Waals surface area contributed by atoms with E-state index in [-0.39, 0.29) is 17.9 Å². The molecular formula is C16H24N2O2. The molecule has 0 aliphatic carbocycles. The minimum Gasteiger partial charge on any atom is -0.353 e. The number of aryl methyl sites for hydroxylation is 1. The number of carbonyl (C=O) groups is 2. The van der Waals surface area contributed by atoms with Gasteiger partial charge in [-0.15, -0.1) is 0 Å². The molecule has 2 amide bonds. The van der Waals surface area contributed by atoms with Gasteiger partial charge in [-0.2, -0.15) is 0 Å². The number of amides is 2. The Morgan fingerprint density at radius 2 is 1.90 bits per heavy atom. The first-order valence-electron chi connectivity index (χ1n) is 6.96. The largest absolute Gasteiger partial charge is 0.353 e. The Morgan fingerprint density at radius 3 is 2.45 bits per heavy atom. The number of rotatable bonds is 5. The van der Waals surface area contributed by atoms with Gasteiger partial charge in [0.25, 0.3) is 0 Å². The Kier molecular flexibility index (Phi) is 5.31. The molecule has 1 unspecified atom stereocenters. The molecule has 0 spiro atoms. The van der Waals surface area contributed by atoms with Gasteiger partial charge in [0, 0.05) is 11.7 Å². The van der Waals surface area contributed by atoms with Gasteiger partial charge in [-0.1, -0.05) is 19.1 Å². The molecule has 20 heavy (non-hydrogen) atoms. The molecule has 110 valence electrons. The Labute approximate surface area is 121 Å². The summed E-state index contributed by atoms with van der Waals surface area (Å²) in [6, 6.07) is 7.58. The summed E-state index contributed by atoms with van der Waals surface area (Å²) in [5.74, 6) is -0.555. The molecule has 0 aliphatic rings. The standard InChI is InChI=1S/C16H24N2O2/c1-6-12(3)17-14(19)16(4,5)15(20)18-13-9-7-8-11(2)10-13/h7-10,12H,6H2,1-5H3,(H,17,19)(H,18,20). The molecule has 0 radical (unpaired) electrons. The molecule has 0 saturated heterocycles. The van der Waals surface area contributed by atoms with E-state index in [0.29, 0.717) is 5.69 Å². The predicted molar refractivity (Wildman–Crippen MR) is 81.5 cm³/mol. The number of carbonyl (C=O) groups excluding carboxylic acids is 2. The molecule has 0 bridgehead atoms. The van der Waals surface area contributed by atoms with Crippen molar-refractivity contribution in [2.75, 3.05) is 5.32 Å². The third kappa shape index (κ3) is 4.08. The van der Waals surface area contributed by atoms with Crippen molar-refractivity contribution in [2.24, 2.45) is 5.41 Å². The van der Waals surface area contributed by atoms with Crippen LogP contribution in [0.2, 0.25) is 0 Å². The normalized spacial score (nSPS) is 12.7. The van der Waals surface area contributed by atoms with Gasteiger partial charge in [-0.25, -0.2) is 0 Å². The first-order chi connectivity index (χ1) is 9.27. The number of hydrogen-bond donors (Lipinski definition) is 2. The molecule has 1 aromatic carbocycles. The molecule has 1 atom stereocenters. The quantitative estimate of drug-likeness (QED) is 0.812. The molecule has 0 aromatic heterocycles. The molecule has 0 fully saturated rings. The zero-order valence-electron chi connectivity index (χ0n) is 12.9. The SMILES string of the molecule is CCC(C)NC(=O)C(C)(C)C(=O)Nc1cccc(C)c1. The van der Waals surface area contributed by atoms with Gasteiger partial charge in [-0.3, -0.25) is 9.59 Å². The second-order valence-corrected chi connectivity index (χ2v) is 5.73. The highest BCUT2D eigenvalue weighted by molar-refractivity contribution is 6.09. The zero-order valence-corrected chi connectivity index (χ0v) is 12.9. The van der Waals surface area contributed by atoms with E-state index in [1.165, 1.54) is 0 Å². The third-order valence-electron chi connectivity index (χ3n) is 3.40. The van der Waals surface area contributed by atoms with Crippen molar-refractivity contribution in [2.45, 2.75) is 47.1 Å². The maximum absolute atomic E-state index is 12.3. The van der Waals surface area contributed by atoms with Crippen molar-refractivity contribution in [1.29, 1.82) is 0 Å². The van der Waals surface area contributed by atoms with Gasteiger partial charge >= 0.3 is 0 Å². The van der Waals surface area contributed by atoms with E-state index in [2.05, 4.69) is 10.6 Å². The van der Waals surface area contributed by atoms with Crippen LogP contribution in [0.1, 0.15) is 39.7 Å². The fourth-order valence-corrected chi connectivity index (χ4v) is 1.62. The summed E-state index contributed by atoms with van der Waals surface area (Å²) in [7, 11) is 0. The van der Waals surface area contributed by atoms with Crippen LogP contribution in [0.25, 0.3) is 0 Å². The second kappa shape index (κ2) is 6.55. The van der Waals surface area contributed by atoms with Crippen LogP contribution in [0.5, 0.6) is 0 Å². The molecule has 1 aromatic rings. The van der Waals surface area contributed by atoms with E-state index >= 15 is 0 Å². The first kappa shape index (κ1) is 16.2. The average molecular weight is 276 g/mol. The van der Waals surface area contributed by atoms with Crippen molar-refractivity contribution < 1.29 is 9.59 Å². The van der Waals surface area contributed by atoms with Crippen molar-refractivity contribution in [3.63, 3.8) is 0 Å². The van der Waals surface area contributed by atoms with Gasteiger partial charge in [0.05, 0.1) is 0 Å². The van der Waals surface area contributed by atoms with Crippen molar-refractivity contribution >= 4 is 17.5 Å². The van der Waals surface area contributed by atoms with E-state index in [1.54, 1.807) is 13.8 Å². The molecule has 2 N–H and O–H groups in total. The Morgan fingerprint density at radius 1 is 1.25 bits per heavy atom. The average Bonchev–Trinajstić information content (AvgIpc) is 2.38. The van der Waals surface area contributed by atoms with Crippen LogP contribution in [0.15, 0.2) is 24.3 Å². The maximum Gasteiger partial charge on any atom is 0.239 e. The summed E-state index contributed by atoms with van der Waals surface area (Å²) in [6.07, 6.45) is 0.835. The summed E-state index contributed by atoms with van der Waals surface area (Å²) in [5, 5.41) is 5.64. The molecule has 0 saturated carbocycles. The monoisotopic (exact) mass is 276 g/mol. The Balaban J connectivity index is 2.76. The minimum absolute atomic E-state index is 0.0635. The van der Waals surface area contributed by atoms with E-state index in [4.69, 9.17) is 0 Å². The van der Waals surface area contributed by atoms with Gasteiger partial charge in [0.1, 0.15) is 5.41 Å². The van der Waals surface area contributed by atoms with Crippen molar-refractivity contribution in [1.82, 2.24) is 5.32 Å². The van der Waals surface area contributed by atoms with Crippen molar-refractivity contribution in [3.8, 4) is 0 Å². The molecule has 0 aliphatic heterocycles. The van der Waals surface area contributed by atoms with Crippen molar-refractivity contribution in [3.05, 3.63) is 29.8 Å². The lowest BCUT2D eigenvalue weighted by Gasteiger charge is -2.24. The lowest BCUT2D eigenvalue weighted by molar-refractivity contribution is -0.138. The highest BCUT2D eigenvalue weighted by Gasteiger charge is 2.36. The summed E-state index contributed by atoms with van der Waals surface area (Å²) in [4.78, 5) is 24.4. The second-order valence-electron chi connectivity index (χ2n) is 5.73. The number of benzene rings is 1. The van der Waals surface area contributed by atoms with Gasteiger partial charge in [0.15, 0.2) is 0 Å². The fourth-order valence-electron chi connectivity index (χ4n) is 1.62. The zero-order chi connectivity index (χ0) is 15.3. The molecule has 0 heterocycles. The lowest BCUT2D eigenvalue weighted by atomic mass is 9.90. The number of anilines is 1. The topological polar surface area (TPSA) is 58.2 Å². The molecule has 4 nitrogen and oxygen atoms in total. The predicted octanol–water partition coefficient (Wildman–Crippen LogP) is 2.87. The summed E-state index contributed by atoms with van der Waals surface area (Å²) < 4.78 is 0. The molecule has 1 rings (SSSR count). The molecule has 4 heteroatoms. The lowest BCUT2D eigenvalue weighted by Crippen LogP contribution is -2.47. The third-order valence-corrected chi connectivity index (χ3v) is 3.40. The number of hydrogen-bond acceptors (Lipinski definition) is 2. The van der Waals surface area contributed by atoms with Crippen LogP contribution in [0, 0.1) is 12.3 Å². The van der Waals surface area contributed by atoms with E-state index in [9.17, 15) is 9.59 Å². The van der Waals surface area contributed by atoms with Crippen LogP contribution in [-0.4, -0.2) is 17.9 Å². The fraction of sp³-hybridized carbons (Fsp3) is 0.500. The Hall–Kier alpha value is -1.84. The summed E-state index contributed by atoms with van der Waals surface area (Å²) in [6.45, 7) is 9.14. The molecular weight excluding hydrogens is 252 g/mol. The van der Waals surface area contributed by atoms with E-state index in [0.717, 1.165) is 12.0 Å².